The fraction of sp³-hybridized carbons (Fsp3) is 0.0769. The lowest BCUT2D eigenvalue weighted by Crippen LogP contribution is -2.09. The van der Waals surface area contributed by atoms with Crippen molar-refractivity contribution in [1.29, 1.82) is 0 Å². The SMILES string of the molecule is CS(=O)(=O)Nc1ccc(Oc2ccccc2)c(Br)c1. The first kappa shape index (κ1) is 13.9. The van der Waals surface area contributed by atoms with Crippen LogP contribution in [0.3, 0.4) is 0 Å². The van der Waals surface area contributed by atoms with E-state index in [-0.39, 0.29) is 0 Å². The van der Waals surface area contributed by atoms with Crippen molar-refractivity contribution < 1.29 is 13.2 Å². The van der Waals surface area contributed by atoms with E-state index in [1.807, 2.05) is 30.3 Å². The number of hydrogen-bond donors (Lipinski definition) is 1. The van der Waals surface area contributed by atoms with Crippen molar-refractivity contribution >= 4 is 31.6 Å². The summed E-state index contributed by atoms with van der Waals surface area (Å²) in [4.78, 5) is 0. The molecule has 0 bridgehead atoms. The standard InChI is InChI=1S/C13H12BrNO3S/c1-19(16,17)15-10-7-8-13(12(14)9-10)18-11-5-3-2-4-6-11/h2-9,15H,1H3. The smallest absolute Gasteiger partial charge is 0.229 e. The molecule has 0 heterocycles. The van der Waals surface area contributed by atoms with Crippen LogP contribution in [0, 0.1) is 0 Å². The summed E-state index contributed by atoms with van der Waals surface area (Å²) in [5.41, 5.74) is 0.481. The second-order valence-electron chi connectivity index (χ2n) is 3.93. The maximum atomic E-state index is 11.1. The van der Waals surface area contributed by atoms with Crippen LogP contribution >= 0.6 is 15.9 Å². The molecule has 100 valence electrons. The molecule has 0 amide bonds. The quantitative estimate of drug-likeness (QED) is 0.923. The first-order valence-electron chi connectivity index (χ1n) is 5.44. The molecule has 0 spiro atoms. The number of nitrogens with one attached hydrogen (secondary N) is 1. The molecule has 0 saturated carbocycles. The Hall–Kier alpha value is -1.53. The summed E-state index contributed by atoms with van der Waals surface area (Å²) in [6.45, 7) is 0. The van der Waals surface area contributed by atoms with Crippen molar-refractivity contribution in [2.45, 2.75) is 0 Å². The van der Waals surface area contributed by atoms with Crippen LogP contribution < -0.4 is 9.46 Å². The molecule has 0 atom stereocenters. The Morgan fingerprint density at radius 2 is 1.79 bits per heavy atom. The van der Waals surface area contributed by atoms with Crippen LogP contribution in [-0.2, 0) is 10.0 Å². The molecule has 2 aromatic rings. The van der Waals surface area contributed by atoms with Gasteiger partial charge in [0.1, 0.15) is 11.5 Å². The van der Waals surface area contributed by atoms with Crippen LogP contribution in [0.1, 0.15) is 0 Å². The van der Waals surface area contributed by atoms with Gasteiger partial charge in [-0.3, -0.25) is 4.72 Å². The Morgan fingerprint density at radius 1 is 1.11 bits per heavy atom. The van der Waals surface area contributed by atoms with E-state index in [1.54, 1.807) is 18.2 Å². The summed E-state index contributed by atoms with van der Waals surface area (Å²) in [6, 6.07) is 14.3. The molecule has 19 heavy (non-hydrogen) atoms. The third kappa shape index (κ3) is 4.25. The number of rotatable bonds is 4. The van der Waals surface area contributed by atoms with Gasteiger partial charge >= 0.3 is 0 Å². The summed E-state index contributed by atoms with van der Waals surface area (Å²) in [6.07, 6.45) is 1.11. The molecule has 6 heteroatoms. The second kappa shape index (κ2) is 5.63. The van der Waals surface area contributed by atoms with Gasteiger partial charge in [0, 0.05) is 5.69 Å². The van der Waals surface area contributed by atoms with Crippen molar-refractivity contribution in [2.75, 3.05) is 11.0 Å². The van der Waals surface area contributed by atoms with E-state index in [2.05, 4.69) is 20.7 Å². The number of hydrogen-bond acceptors (Lipinski definition) is 3. The predicted octanol–water partition coefficient (Wildman–Crippen LogP) is 3.61. The number of sulfonamides is 1. The zero-order valence-corrected chi connectivity index (χ0v) is 12.5. The summed E-state index contributed by atoms with van der Waals surface area (Å²) >= 11 is 3.35. The summed E-state index contributed by atoms with van der Waals surface area (Å²) in [5, 5.41) is 0. The van der Waals surface area contributed by atoms with Gasteiger partial charge < -0.3 is 4.74 Å². The lowest BCUT2D eigenvalue weighted by molar-refractivity contribution is 0.480. The molecule has 0 radical (unpaired) electrons. The minimum absolute atomic E-state index is 0.481. The van der Waals surface area contributed by atoms with Crippen LogP contribution in [0.5, 0.6) is 11.5 Å². The molecule has 0 aromatic heterocycles. The largest absolute Gasteiger partial charge is 0.456 e. The van der Waals surface area contributed by atoms with Gasteiger partial charge in [0.2, 0.25) is 10.0 Å². The number of para-hydroxylation sites is 1. The van der Waals surface area contributed by atoms with E-state index in [0.29, 0.717) is 21.7 Å². The fourth-order valence-electron chi connectivity index (χ4n) is 1.48. The molecule has 4 nitrogen and oxygen atoms in total. The fourth-order valence-corrected chi connectivity index (χ4v) is 2.49. The van der Waals surface area contributed by atoms with Crippen LogP contribution in [0.15, 0.2) is 53.0 Å². The molecule has 1 N–H and O–H groups in total. The van der Waals surface area contributed by atoms with Crippen LogP contribution in [-0.4, -0.2) is 14.7 Å². The molecular formula is C13H12BrNO3S. The maximum absolute atomic E-state index is 11.1. The third-order valence-electron chi connectivity index (χ3n) is 2.21. The van der Waals surface area contributed by atoms with Crippen molar-refractivity contribution in [2.24, 2.45) is 0 Å². The van der Waals surface area contributed by atoms with Crippen molar-refractivity contribution in [3.63, 3.8) is 0 Å². The van der Waals surface area contributed by atoms with Gasteiger partial charge in [-0.05, 0) is 46.3 Å². The van der Waals surface area contributed by atoms with Crippen LogP contribution in [0.25, 0.3) is 0 Å². The first-order valence-corrected chi connectivity index (χ1v) is 8.13. The van der Waals surface area contributed by atoms with E-state index >= 15 is 0 Å². The highest BCUT2D eigenvalue weighted by Gasteiger charge is 2.07. The maximum Gasteiger partial charge on any atom is 0.229 e. The number of ether oxygens (including phenoxy) is 1. The molecular weight excluding hydrogens is 330 g/mol. The van der Waals surface area contributed by atoms with Gasteiger partial charge in [-0.2, -0.15) is 0 Å². The molecule has 0 aliphatic carbocycles. The number of halogens is 1. The topological polar surface area (TPSA) is 55.4 Å². The van der Waals surface area contributed by atoms with Gasteiger partial charge in [-0.15, -0.1) is 0 Å². The number of anilines is 1. The van der Waals surface area contributed by atoms with Gasteiger partial charge in [-0.1, -0.05) is 18.2 Å². The normalized spacial score (nSPS) is 11.1. The highest BCUT2D eigenvalue weighted by Crippen LogP contribution is 2.32. The second-order valence-corrected chi connectivity index (χ2v) is 6.54. The minimum Gasteiger partial charge on any atom is -0.456 e. The molecule has 0 fully saturated rings. The van der Waals surface area contributed by atoms with Gasteiger partial charge in [0.25, 0.3) is 0 Å². The van der Waals surface area contributed by atoms with Crippen LogP contribution in [0.4, 0.5) is 5.69 Å². The van der Waals surface area contributed by atoms with Gasteiger partial charge in [0.15, 0.2) is 0 Å². The Kier molecular flexibility index (Phi) is 4.11. The summed E-state index contributed by atoms with van der Waals surface area (Å²) in [5.74, 6) is 1.33. The monoisotopic (exact) mass is 341 g/mol. The first-order chi connectivity index (χ1) is 8.94. The van der Waals surface area contributed by atoms with Crippen LogP contribution in [0.2, 0.25) is 0 Å². The Morgan fingerprint density at radius 3 is 2.37 bits per heavy atom. The van der Waals surface area contributed by atoms with Crippen molar-refractivity contribution in [3.05, 3.63) is 53.0 Å². The molecule has 0 saturated heterocycles. The molecule has 0 unspecified atom stereocenters. The highest BCUT2D eigenvalue weighted by atomic mass is 79.9. The lowest BCUT2D eigenvalue weighted by atomic mass is 10.3. The van der Waals surface area contributed by atoms with E-state index in [4.69, 9.17) is 4.74 Å². The third-order valence-corrected chi connectivity index (χ3v) is 3.43. The van der Waals surface area contributed by atoms with Gasteiger partial charge in [-0.25, -0.2) is 8.42 Å². The van der Waals surface area contributed by atoms with Gasteiger partial charge in [0.05, 0.1) is 10.7 Å². The molecule has 2 rings (SSSR count). The number of benzene rings is 2. The average molecular weight is 342 g/mol. The van der Waals surface area contributed by atoms with E-state index in [1.165, 1.54) is 0 Å². The van der Waals surface area contributed by atoms with E-state index in [9.17, 15) is 8.42 Å². The Balaban J connectivity index is 2.20. The van der Waals surface area contributed by atoms with Crippen molar-refractivity contribution in [3.8, 4) is 11.5 Å². The molecule has 2 aromatic carbocycles. The average Bonchev–Trinajstić information content (AvgIpc) is 2.32. The van der Waals surface area contributed by atoms with E-state index in [0.717, 1.165) is 6.26 Å². The summed E-state index contributed by atoms with van der Waals surface area (Å²) < 4.78 is 31.0. The molecule has 0 aliphatic rings. The Labute approximate surface area is 120 Å². The zero-order chi connectivity index (χ0) is 13.9. The van der Waals surface area contributed by atoms with E-state index < -0.39 is 10.0 Å². The summed E-state index contributed by atoms with van der Waals surface area (Å²) in [7, 11) is -3.28. The lowest BCUT2D eigenvalue weighted by Gasteiger charge is -2.10. The zero-order valence-electron chi connectivity index (χ0n) is 10.1. The Bertz CT molecular complexity index is 672. The molecule has 0 aliphatic heterocycles. The highest BCUT2D eigenvalue weighted by molar-refractivity contribution is 9.10. The van der Waals surface area contributed by atoms with Crippen molar-refractivity contribution in [1.82, 2.24) is 0 Å². The predicted molar refractivity (Wildman–Crippen MR) is 79.1 cm³/mol. The minimum atomic E-state index is -3.28.